The molecule has 1 aromatic rings. The average Bonchev–Trinajstić information content (AvgIpc) is 2.37. The molecule has 21 heavy (non-hydrogen) atoms. The number of alkyl halides is 5. The van der Waals surface area contributed by atoms with E-state index < -0.39 is 43.3 Å². The van der Waals surface area contributed by atoms with Gasteiger partial charge in [-0.2, -0.15) is 13.2 Å². The standard InChI is InChI=1S/C11H12F5N3O2/c12-8(13)6-19(4-5-20)10(21)18-9-3-1-2-7(17-9)11(14,15)16/h1-3,8,20H,4-6H2,(H,17,18,21). The van der Waals surface area contributed by atoms with Crippen LogP contribution in [0.5, 0.6) is 0 Å². The largest absolute Gasteiger partial charge is 0.433 e. The van der Waals surface area contributed by atoms with Crippen molar-refractivity contribution in [2.75, 3.05) is 25.0 Å². The highest BCUT2D eigenvalue weighted by atomic mass is 19.4. The number of aliphatic hydroxyl groups excluding tert-OH is 1. The number of hydrogen-bond donors (Lipinski definition) is 2. The van der Waals surface area contributed by atoms with E-state index in [1.165, 1.54) is 0 Å². The Balaban J connectivity index is 2.81. The van der Waals surface area contributed by atoms with Gasteiger partial charge in [0.1, 0.15) is 11.5 Å². The molecule has 0 fully saturated rings. The molecular weight excluding hydrogens is 301 g/mol. The maximum Gasteiger partial charge on any atom is 0.433 e. The van der Waals surface area contributed by atoms with Crippen LogP contribution in [0.1, 0.15) is 5.69 Å². The third kappa shape index (κ3) is 5.50. The summed E-state index contributed by atoms with van der Waals surface area (Å²) in [5.74, 6) is -0.424. The minimum absolute atomic E-state index is 0.380. The number of aliphatic hydroxyl groups is 1. The van der Waals surface area contributed by atoms with Gasteiger partial charge in [0.05, 0.1) is 13.2 Å². The molecule has 1 heterocycles. The molecule has 0 spiro atoms. The minimum atomic E-state index is -4.69. The predicted molar refractivity (Wildman–Crippen MR) is 62.9 cm³/mol. The van der Waals surface area contributed by atoms with Gasteiger partial charge in [0.25, 0.3) is 6.43 Å². The highest BCUT2D eigenvalue weighted by Crippen LogP contribution is 2.28. The van der Waals surface area contributed by atoms with Gasteiger partial charge in [-0.1, -0.05) is 6.07 Å². The fourth-order valence-electron chi connectivity index (χ4n) is 1.41. The summed E-state index contributed by atoms with van der Waals surface area (Å²) in [6, 6.07) is 1.75. The first-order chi connectivity index (χ1) is 9.74. The lowest BCUT2D eigenvalue weighted by Crippen LogP contribution is -2.40. The van der Waals surface area contributed by atoms with E-state index in [9.17, 15) is 26.7 Å². The monoisotopic (exact) mass is 313 g/mol. The van der Waals surface area contributed by atoms with Gasteiger partial charge in [-0.3, -0.25) is 5.32 Å². The summed E-state index contributed by atoms with van der Waals surface area (Å²) in [6.45, 7) is -1.89. The van der Waals surface area contributed by atoms with E-state index in [-0.39, 0.29) is 6.54 Å². The average molecular weight is 313 g/mol. The molecule has 0 aliphatic carbocycles. The van der Waals surface area contributed by atoms with Crippen LogP contribution in [0.25, 0.3) is 0 Å². The number of pyridine rings is 1. The molecule has 0 atom stereocenters. The lowest BCUT2D eigenvalue weighted by atomic mass is 10.3. The normalized spacial score (nSPS) is 11.6. The van der Waals surface area contributed by atoms with Gasteiger partial charge in [-0.05, 0) is 12.1 Å². The van der Waals surface area contributed by atoms with Crippen LogP contribution >= 0.6 is 0 Å². The maximum absolute atomic E-state index is 12.4. The number of halogens is 5. The van der Waals surface area contributed by atoms with Crippen molar-refractivity contribution in [3.8, 4) is 0 Å². The summed E-state index contributed by atoms with van der Waals surface area (Å²) in [5.41, 5.74) is -1.22. The summed E-state index contributed by atoms with van der Waals surface area (Å²) >= 11 is 0. The van der Waals surface area contributed by atoms with Gasteiger partial charge < -0.3 is 10.0 Å². The molecule has 0 aliphatic rings. The SMILES string of the molecule is O=C(Nc1cccc(C(F)(F)F)n1)N(CCO)CC(F)F. The zero-order valence-electron chi connectivity index (χ0n) is 10.6. The van der Waals surface area contributed by atoms with Crippen LogP contribution in [0.3, 0.4) is 0 Å². The Morgan fingerprint density at radius 2 is 2.05 bits per heavy atom. The second-order valence-electron chi connectivity index (χ2n) is 3.90. The lowest BCUT2D eigenvalue weighted by molar-refractivity contribution is -0.141. The molecule has 0 saturated carbocycles. The Morgan fingerprint density at radius 1 is 1.38 bits per heavy atom. The zero-order chi connectivity index (χ0) is 16.0. The topological polar surface area (TPSA) is 65.5 Å². The first-order valence-electron chi connectivity index (χ1n) is 5.73. The lowest BCUT2D eigenvalue weighted by Gasteiger charge is -2.21. The van der Waals surface area contributed by atoms with Gasteiger partial charge in [-0.15, -0.1) is 0 Å². The smallest absolute Gasteiger partial charge is 0.395 e. The van der Waals surface area contributed by atoms with E-state index in [1.54, 1.807) is 0 Å². The third-order valence-corrected chi connectivity index (χ3v) is 2.29. The molecule has 5 nitrogen and oxygen atoms in total. The van der Waals surface area contributed by atoms with Crippen molar-refractivity contribution in [2.45, 2.75) is 12.6 Å². The van der Waals surface area contributed by atoms with E-state index in [0.717, 1.165) is 12.1 Å². The van der Waals surface area contributed by atoms with Gasteiger partial charge in [0.15, 0.2) is 0 Å². The van der Waals surface area contributed by atoms with Crippen LogP contribution < -0.4 is 5.32 Å². The van der Waals surface area contributed by atoms with Crippen molar-refractivity contribution >= 4 is 11.8 Å². The Bertz CT molecular complexity index is 481. The van der Waals surface area contributed by atoms with Crippen molar-refractivity contribution in [1.29, 1.82) is 0 Å². The van der Waals surface area contributed by atoms with Crippen molar-refractivity contribution in [1.82, 2.24) is 9.88 Å². The Hall–Kier alpha value is -1.97. The summed E-state index contributed by atoms with van der Waals surface area (Å²) in [7, 11) is 0. The van der Waals surface area contributed by atoms with Crippen molar-refractivity contribution in [2.24, 2.45) is 0 Å². The molecule has 0 aliphatic heterocycles. The van der Waals surface area contributed by atoms with E-state index in [0.29, 0.717) is 11.0 Å². The zero-order valence-corrected chi connectivity index (χ0v) is 10.6. The van der Waals surface area contributed by atoms with E-state index >= 15 is 0 Å². The van der Waals surface area contributed by atoms with Gasteiger partial charge in [0, 0.05) is 6.54 Å². The molecule has 2 amide bonds. The molecule has 0 radical (unpaired) electrons. The van der Waals surface area contributed by atoms with Crippen LogP contribution in [0.2, 0.25) is 0 Å². The molecule has 10 heteroatoms. The predicted octanol–water partition coefficient (Wildman–Crippen LogP) is 2.19. The van der Waals surface area contributed by atoms with Crippen molar-refractivity contribution < 1.29 is 31.9 Å². The van der Waals surface area contributed by atoms with Gasteiger partial charge in [-0.25, -0.2) is 18.6 Å². The second-order valence-corrected chi connectivity index (χ2v) is 3.90. The molecule has 0 unspecified atom stereocenters. The van der Waals surface area contributed by atoms with E-state index in [4.69, 9.17) is 5.11 Å². The molecule has 1 rings (SSSR count). The number of urea groups is 1. The van der Waals surface area contributed by atoms with Crippen molar-refractivity contribution in [3.05, 3.63) is 23.9 Å². The molecule has 0 aromatic carbocycles. The van der Waals surface area contributed by atoms with Crippen LogP contribution in [0, 0.1) is 0 Å². The highest BCUT2D eigenvalue weighted by Gasteiger charge is 2.32. The summed E-state index contributed by atoms with van der Waals surface area (Å²) < 4.78 is 61.8. The molecule has 0 bridgehead atoms. The number of hydrogen-bond acceptors (Lipinski definition) is 3. The Labute approximate surface area is 116 Å². The number of carbonyl (C=O) groups is 1. The van der Waals surface area contributed by atoms with E-state index in [2.05, 4.69) is 4.98 Å². The first kappa shape index (κ1) is 17.1. The number of carbonyl (C=O) groups excluding carboxylic acids is 1. The Kier molecular flexibility index (Phi) is 5.82. The molecule has 2 N–H and O–H groups in total. The van der Waals surface area contributed by atoms with Crippen LogP contribution in [0.4, 0.5) is 32.6 Å². The van der Waals surface area contributed by atoms with Crippen molar-refractivity contribution in [3.63, 3.8) is 0 Å². The molecule has 0 saturated heterocycles. The number of rotatable bonds is 5. The number of nitrogens with zero attached hydrogens (tertiary/aromatic N) is 2. The Morgan fingerprint density at radius 3 is 2.57 bits per heavy atom. The van der Waals surface area contributed by atoms with E-state index in [1.807, 2.05) is 5.32 Å². The molecule has 118 valence electrons. The van der Waals surface area contributed by atoms with Crippen LogP contribution in [-0.2, 0) is 6.18 Å². The fraction of sp³-hybridized carbons (Fsp3) is 0.455. The van der Waals surface area contributed by atoms with Gasteiger partial charge in [0.2, 0.25) is 0 Å². The summed E-state index contributed by atoms with van der Waals surface area (Å²) in [4.78, 5) is 15.4. The highest BCUT2D eigenvalue weighted by molar-refractivity contribution is 5.88. The quantitative estimate of drug-likeness (QED) is 0.819. The number of anilines is 1. The number of nitrogens with one attached hydrogen (secondary N) is 1. The maximum atomic E-state index is 12.4. The fourth-order valence-corrected chi connectivity index (χ4v) is 1.41. The first-order valence-corrected chi connectivity index (χ1v) is 5.73. The summed E-state index contributed by atoms with van der Waals surface area (Å²) in [6.07, 6.45) is -7.52. The number of aromatic nitrogens is 1. The third-order valence-electron chi connectivity index (χ3n) is 2.29. The second kappa shape index (κ2) is 7.16. The van der Waals surface area contributed by atoms with Crippen LogP contribution in [-0.4, -0.2) is 47.1 Å². The number of amides is 2. The molecule has 1 aromatic heterocycles. The summed E-state index contributed by atoms with van der Waals surface area (Å²) in [5, 5.41) is 10.7. The minimum Gasteiger partial charge on any atom is -0.395 e. The molecular formula is C11H12F5N3O2. The van der Waals surface area contributed by atoms with Gasteiger partial charge >= 0.3 is 12.2 Å². The van der Waals surface area contributed by atoms with Crippen LogP contribution in [0.15, 0.2) is 18.2 Å².